The average molecular weight is 355 g/mol. The van der Waals surface area contributed by atoms with E-state index in [-0.39, 0.29) is 28.2 Å². The van der Waals surface area contributed by atoms with E-state index in [0.29, 0.717) is 0 Å². The normalized spacial score (nSPS) is 13.3. The Kier molecular flexibility index (Phi) is 3.91. The fourth-order valence-electron chi connectivity index (χ4n) is 2.70. The third-order valence-electron chi connectivity index (χ3n) is 3.72. The molecule has 3 rings (SSSR count). The molecule has 0 bridgehead atoms. The largest absolute Gasteiger partial charge is 0.456 e. The topological polar surface area (TPSA) is 120 Å². The maximum atomic E-state index is 12.6. The van der Waals surface area contributed by atoms with Gasteiger partial charge in [0, 0.05) is 6.07 Å². The second-order valence-corrected chi connectivity index (χ2v) is 6.79. The lowest BCUT2D eigenvalue weighted by molar-refractivity contribution is 0.00694. The van der Waals surface area contributed by atoms with Crippen molar-refractivity contribution in [2.75, 3.05) is 5.73 Å². The number of esters is 1. The molecule has 0 saturated carbocycles. The number of rotatable bonds is 2. The van der Waals surface area contributed by atoms with Gasteiger partial charge < -0.3 is 10.5 Å². The van der Waals surface area contributed by atoms with Crippen molar-refractivity contribution in [1.82, 2.24) is 9.88 Å². The minimum Gasteiger partial charge on any atom is -0.456 e. The molecule has 2 amide bonds. The molecule has 8 heteroatoms. The summed E-state index contributed by atoms with van der Waals surface area (Å²) in [6.07, 6.45) is 0. The Morgan fingerprint density at radius 1 is 1.12 bits per heavy atom. The van der Waals surface area contributed by atoms with Gasteiger partial charge in [-0.2, -0.15) is 0 Å². The molecule has 26 heavy (non-hydrogen) atoms. The second kappa shape index (κ2) is 5.83. The first-order chi connectivity index (χ1) is 12.1. The Hall–Kier alpha value is -3.42. The summed E-state index contributed by atoms with van der Waals surface area (Å²) in [6, 6.07) is 7.27. The van der Waals surface area contributed by atoms with Crippen LogP contribution in [0.25, 0.3) is 5.69 Å². The molecule has 1 aliphatic heterocycles. The van der Waals surface area contributed by atoms with Crippen LogP contribution in [0, 0.1) is 0 Å². The predicted molar refractivity (Wildman–Crippen MR) is 93.4 cm³/mol. The molecule has 0 aliphatic carbocycles. The van der Waals surface area contributed by atoms with E-state index < -0.39 is 28.9 Å². The molecule has 1 aliphatic rings. The smallest absolute Gasteiger partial charge is 0.340 e. The van der Waals surface area contributed by atoms with E-state index in [0.717, 1.165) is 10.6 Å². The first-order valence-electron chi connectivity index (χ1n) is 7.84. The number of carbonyl (C=O) groups is 3. The summed E-state index contributed by atoms with van der Waals surface area (Å²) in [4.78, 5) is 48.8. The Balaban J connectivity index is 2.23. The van der Waals surface area contributed by atoms with Crippen LogP contribution in [0.4, 0.5) is 5.82 Å². The van der Waals surface area contributed by atoms with Crippen molar-refractivity contribution < 1.29 is 19.1 Å². The quantitative estimate of drug-likeness (QED) is 0.618. The van der Waals surface area contributed by atoms with Crippen LogP contribution in [-0.2, 0) is 4.74 Å². The van der Waals surface area contributed by atoms with Gasteiger partial charge >= 0.3 is 5.97 Å². The Bertz CT molecular complexity index is 1010. The molecule has 0 atom stereocenters. The molecule has 2 aromatic rings. The maximum absolute atomic E-state index is 12.6. The number of nitrogens with zero attached hydrogens (tertiary/aromatic N) is 1. The van der Waals surface area contributed by atoms with Gasteiger partial charge in [-0.15, -0.1) is 0 Å². The number of hydrogen-bond donors (Lipinski definition) is 2. The zero-order valence-corrected chi connectivity index (χ0v) is 14.5. The molecule has 134 valence electrons. The van der Waals surface area contributed by atoms with Gasteiger partial charge in [-0.3, -0.25) is 24.3 Å². The number of benzene rings is 1. The summed E-state index contributed by atoms with van der Waals surface area (Å²) in [5, 5.41) is 2.10. The van der Waals surface area contributed by atoms with Gasteiger partial charge in [0.15, 0.2) is 0 Å². The number of anilines is 1. The second-order valence-electron chi connectivity index (χ2n) is 6.79. The Morgan fingerprint density at radius 2 is 1.77 bits per heavy atom. The van der Waals surface area contributed by atoms with Crippen molar-refractivity contribution in [2.45, 2.75) is 26.4 Å². The lowest BCUT2D eigenvalue weighted by atomic mass is 10.1. The highest BCUT2D eigenvalue weighted by molar-refractivity contribution is 6.23. The third-order valence-corrected chi connectivity index (χ3v) is 3.72. The van der Waals surface area contributed by atoms with Crippen molar-refractivity contribution in [2.24, 2.45) is 0 Å². The maximum Gasteiger partial charge on any atom is 0.340 e. The zero-order chi connectivity index (χ0) is 19.2. The molecule has 1 aromatic heterocycles. The van der Waals surface area contributed by atoms with Crippen LogP contribution in [0.15, 0.2) is 35.1 Å². The van der Waals surface area contributed by atoms with E-state index >= 15 is 0 Å². The summed E-state index contributed by atoms with van der Waals surface area (Å²) < 4.78 is 6.39. The van der Waals surface area contributed by atoms with E-state index in [9.17, 15) is 19.2 Å². The molecule has 0 unspecified atom stereocenters. The predicted octanol–water partition coefficient (Wildman–Crippen LogP) is 1.26. The third kappa shape index (κ3) is 2.85. The van der Waals surface area contributed by atoms with E-state index in [2.05, 4.69) is 5.32 Å². The summed E-state index contributed by atoms with van der Waals surface area (Å²) in [5.41, 5.74) is 4.75. The number of fused-ring (bicyclic) bond motifs is 1. The van der Waals surface area contributed by atoms with Gasteiger partial charge in [0.1, 0.15) is 11.4 Å². The molecular weight excluding hydrogens is 338 g/mol. The van der Waals surface area contributed by atoms with E-state index in [1.54, 1.807) is 32.9 Å². The molecule has 2 heterocycles. The summed E-state index contributed by atoms with van der Waals surface area (Å²) in [7, 11) is 0. The Morgan fingerprint density at radius 3 is 2.42 bits per heavy atom. The van der Waals surface area contributed by atoms with Crippen molar-refractivity contribution in [3.05, 3.63) is 57.4 Å². The number of pyridine rings is 1. The highest BCUT2D eigenvalue weighted by Crippen LogP contribution is 2.25. The number of hydrogen-bond acceptors (Lipinski definition) is 6. The number of para-hydroxylation sites is 1. The van der Waals surface area contributed by atoms with Gasteiger partial charge in [-0.05, 0) is 32.9 Å². The van der Waals surface area contributed by atoms with Gasteiger partial charge in [0.25, 0.3) is 17.4 Å². The van der Waals surface area contributed by atoms with Crippen molar-refractivity contribution in [3.8, 4) is 5.69 Å². The van der Waals surface area contributed by atoms with Crippen LogP contribution < -0.4 is 16.6 Å². The summed E-state index contributed by atoms with van der Waals surface area (Å²) in [5.74, 6) is -2.22. The first-order valence-corrected chi connectivity index (χ1v) is 7.84. The molecule has 0 saturated heterocycles. The molecule has 1 aromatic carbocycles. The van der Waals surface area contributed by atoms with Gasteiger partial charge in [-0.25, -0.2) is 4.79 Å². The fourth-order valence-corrected chi connectivity index (χ4v) is 2.70. The molecule has 3 N–H and O–H groups in total. The number of carbonyl (C=O) groups excluding carboxylic acids is 3. The van der Waals surface area contributed by atoms with E-state index in [1.165, 1.54) is 12.1 Å². The number of nitrogens with one attached hydrogen (secondary N) is 1. The first kappa shape index (κ1) is 17.4. The fraction of sp³-hybridized carbons (Fsp3) is 0.222. The van der Waals surface area contributed by atoms with Crippen molar-refractivity contribution in [3.63, 3.8) is 0 Å². The molecule has 0 spiro atoms. The number of nitrogen functional groups attached to an aromatic ring is 1. The van der Waals surface area contributed by atoms with Crippen LogP contribution in [0.2, 0.25) is 0 Å². The lowest BCUT2D eigenvalue weighted by Crippen LogP contribution is -2.28. The van der Waals surface area contributed by atoms with Crippen LogP contribution in [-0.4, -0.2) is 28.0 Å². The molecule has 0 radical (unpaired) electrons. The number of amides is 2. The SMILES string of the molecule is CC(C)(C)OC(=O)c1ccccc1-n1c(N)c2c(cc1=O)C(=O)NC2=O. The number of aromatic nitrogens is 1. The number of ether oxygens (including phenoxy) is 1. The van der Waals surface area contributed by atoms with Crippen LogP contribution >= 0.6 is 0 Å². The van der Waals surface area contributed by atoms with Crippen LogP contribution in [0.1, 0.15) is 51.8 Å². The zero-order valence-electron chi connectivity index (χ0n) is 14.5. The van der Waals surface area contributed by atoms with E-state index in [4.69, 9.17) is 10.5 Å². The Labute approximate surface area is 148 Å². The van der Waals surface area contributed by atoms with Crippen LogP contribution in [0.3, 0.4) is 0 Å². The standard InChI is InChI=1S/C18H17N3O5/c1-18(2,3)26-17(25)9-6-4-5-7-11(9)21-12(22)8-10-13(14(21)19)16(24)20-15(10)23/h4-8H,19H2,1-3H3,(H,20,23,24). The molecule has 8 nitrogen and oxygen atoms in total. The molecular formula is C18H17N3O5. The minimum absolute atomic E-state index is 0.0801. The summed E-state index contributed by atoms with van der Waals surface area (Å²) >= 11 is 0. The van der Waals surface area contributed by atoms with Gasteiger partial charge in [0.2, 0.25) is 0 Å². The lowest BCUT2D eigenvalue weighted by Gasteiger charge is -2.21. The highest BCUT2D eigenvalue weighted by Gasteiger charge is 2.32. The van der Waals surface area contributed by atoms with E-state index in [1.807, 2.05) is 0 Å². The number of imide groups is 1. The van der Waals surface area contributed by atoms with Crippen LogP contribution in [0.5, 0.6) is 0 Å². The monoisotopic (exact) mass is 355 g/mol. The average Bonchev–Trinajstić information content (AvgIpc) is 2.80. The van der Waals surface area contributed by atoms with Crippen molar-refractivity contribution >= 4 is 23.6 Å². The van der Waals surface area contributed by atoms with Gasteiger partial charge in [-0.1, -0.05) is 12.1 Å². The molecule has 0 fully saturated rings. The minimum atomic E-state index is -0.731. The van der Waals surface area contributed by atoms with Gasteiger partial charge in [0.05, 0.1) is 22.4 Å². The highest BCUT2D eigenvalue weighted by atomic mass is 16.6. The summed E-state index contributed by atoms with van der Waals surface area (Å²) in [6.45, 7) is 5.16. The van der Waals surface area contributed by atoms with Crippen molar-refractivity contribution in [1.29, 1.82) is 0 Å². The number of nitrogens with two attached hydrogens (primary N) is 1.